The molecule has 3 rings (SSSR count). The maximum Gasteiger partial charge on any atom is 0.335 e. The van der Waals surface area contributed by atoms with Gasteiger partial charge in [-0.25, -0.2) is 22.1 Å². The first-order chi connectivity index (χ1) is 14.1. The first-order valence-electron chi connectivity index (χ1n) is 8.83. The molecule has 0 spiro atoms. The van der Waals surface area contributed by atoms with Crippen LogP contribution in [0.5, 0.6) is 5.88 Å². The first kappa shape index (κ1) is 21.2. The number of hydrogen-bond donors (Lipinski definition) is 2. The van der Waals surface area contributed by atoms with Crippen LogP contribution in [0.2, 0.25) is 0 Å². The van der Waals surface area contributed by atoms with Crippen molar-refractivity contribution >= 4 is 21.9 Å². The molecule has 0 fully saturated rings. The fourth-order valence-electron chi connectivity index (χ4n) is 2.64. The zero-order valence-electron chi connectivity index (χ0n) is 16.5. The van der Waals surface area contributed by atoms with Gasteiger partial charge in [0.05, 0.1) is 16.3 Å². The average Bonchev–Trinajstić information content (AvgIpc) is 2.69. The molecule has 10 heteroatoms. The van der Waals surface area contributed by atoms with Crippen LogP contribution in [-0.2, 0) is 10.0 Å². The van der Waals surface area contributed by atoms with Crippen LogP contribution >= 0.6 is 0 Å². The second-order valence-electron chi connectivity index (χ2n) is 6.71. The highest BCUT2D eigenvalue weighted by Gasteiger charge is 2.17. The van der Waals surface area contributed by atoms with Gasteiger partial charge in [0.1, 0.15) is 5.56 Å². The van der Waals surface area contributed by atoms with Crippen molar-refractivity contribution in [2.75, 3.05) is 14.1 Å². The van der Waals surface area contributed by atoms with E-state index in [1.807, 2.05) is 6.92 Å². The normalized spacial score (nSPS) is 12.0. The predicted molar refractivity (Wildman–Crippen MR) is 114 cm³/mol. The van der Waals surface area contributed by atoms with Crippen molar-refractivity contribution in [3.8, 4) is 11.6 Å². The molecule has 0 aliphatic rings. The maximum absolute atomic E-state index is 12.2. The summed E-state index contributed by atoms with van der Waals surface area (Å²) < 4.78 is 26.3. The van der Waals surface area contributed by atoms with E-state index in [1.54, 1.807) is 24.3 Å². The summed E-state index contributed by atoms with van der Waals surface area (Å²) in [4.78, 5) is 30.7. The molecule has 0 aliphatic carbocycles. The van der Waals surface area contributed by atoms with E-state index < -0.39 is 27.2 Å². The molecule has 156 valence electrons. The number of aromatic hydroxyl groups is 1. The maximum atomic E-state index is 12.2. The number of aryl methyl sites for hydroxylation is 1. The van der Waals surface area contributed by atoms with Crippen molar-refractivity contribution in [1.29, 1.82) is 0 Å². The minimum Gasteiger partial charge on any atom is -0.493 e. The van der Waals surface area contributed by atoms with Gasteiger partial charge in [-0.3, -0.25) is 14.8 Å². The molecule has 0 aliphatic heterocycles. The Morgan fingerprint density at radius 1 is 1.03 bits per heavy atom. The average molecular weight is 428 g/mol. The molecule has 0 unspecified atom stereocenters. The van der Waals surface area contributed by atoms with E-state index >= 15 is 0 Å². The summed E-state index contributed by atoms with van der Waals surface area (Å²) in [6.07, 6.45) is 1.12. The summed E-state index contributed by atoms with van der Waals surface area (Å²) >= 11 is 0. The third-order valence-electron chi connectivity index (χ3n) is 4.37. The van der Waals surface area contributed by atoms with Crippen LogP contribution in [0, 0.1) is 6.92 Å². The second-order valence-corrected chi connectivity index (χ2v) is 8.86. The number of rotatable bonds is 5. The lowest BCUT2D eigenvalue weighted by Gasteiger charge is -2.11. The number of aromatic nitrogens is 2. The Hall–Kier alpha value is -3.50. The molecule has 0 radical (unpaired) electrons. The lowest BCUT2D eigenvalue weighted by atomic mass is 10.2. The largest absolute Gasteiger partial charge is 0.493 e. The van der Waals surface area contributed by atoms with E-state index in [4.69, 9.17) is 0 Å². The molecule has 0 saturated carbocycles. The fourth-order valence-corrected chi connectivity index (χ4v) is 3.54. The highest BCUT2D eigenvalue weighted by atomic mass is 32.2. The van der Waals surface area contributed by atoms with Gasteiger partial charge in [0.25, 0.3) is 5.56 Å². The van der Waals surface area contributed by atoms with Crippen LogP contribution < -0.4 is 11.2 Å². The van der Waals surface area contributed by atoms with Crippen LogP contribution in [-0.4, -0.2) is 47.7 Å². The van der Waals surface area contributed by atoms with Crippen LogP contribution in [0.1, 0.15) is 11.1 Å². The van der Waals surface area contributed by atoms with Crippen LogP contribution in [0.25, 0.3) is 5.69 Å². The molecule has 0 bridgehead atoms. The topological polar surface area (TPSA) is 125 Å². The molecule has 0 amide bonds. The van der Waals surface area contributed by atoms with Crippen LogP contribution in [0.3, 0.4) is 0 Å². The molecule has 1 aromatic heterocycles. The van der Waals surface area contributed by atoms with E-state index in [9.17, 15) is 23.1 Å². The molecule has 1 heterocycles. The Morgan fingerprint density at radius 3 is 2.20 bits per heavy atom. The lowest BCUT2D eigenvalue weighted by molar-refractivity contribution is 0.430. The molecular weight excluding hydrogens is 408 g/mol. The molecule has 9 nitrogen and oxygen atoms in total. The molecule has 2 aromatic carbocycles. The summed E-state index contributed by atoms with van der Waals surface area (Å²) in [6.45, 7) is 1.88. The van der Waals surface area contributed by atoms with Gasteiger partial charge in [-0.15, -0.1) is 0 Å². The van der Waals surface area contributed by atoms with Gasteiger partial charge in [0, 0.05) is 20.3 Å². The van der Waals surface area contributed by atoms with Crippen molar-refractivity contribution in [1.82, 2.24) is 13.9 Å². The molecule has 0 saturated heterocycles. The van der Waals surface area contributed by atoms with E-state index in [1.165, 1.54) is 38.4 Å². The zero-order chi connectivity index (χ0) is 22.1. The number of sulfonamides is 1. The number of H-pyrrole nitrogens is 1. The van der Waals surface area contributed by atoms with Gasteiger partial charge >= 0.3 is 5.69 Å². The monoisotopic (exact) mass is 428 g/mol. The van der Waals surface area contributed by atoms with Gasteiger partial charge in [0.15, 0.2) is 0 Å². The minimum absolute atomic E-state index is 0.0973. The van der Waals surface area contributed by atoms with Gasteiger partial charge in [0.2, 0.25) is 15.9 Å². The van der Waals surface area contributed by atoms with Crippen molar-refractivity contribution < 1.29 is 13.5 Å². The minimum atomic E-state index is -3.57. The third kappa shape index (κ3) is 4.09. The third-order valence-corrected chi connectivity index (χ3v) is 6.20. The van der Waals surface area contributed by atoms with Gasteiger partial charge < -0.3 is 5.11 Å². The number of hydrogen-bond acceptors (Lipinski definition) is 6. The molecule has 30 heavy (non-hydrogen) atoms. The SMILES string of the molecule is Cc1ccc(-n2c(O)c(C=Nc3ccc(S(=O)(=O)N(C)C)cc3)c(=O)[nH]c2=O)cc1. The van der Waals surface area contributed by atoms with Crippen molar-refractivity contribution in [2.24, 2.45) is 4.99 Å². The van der Waals surface area contributed by atoms with Crippen molar-refractivity contribution in [3.63, 3.8) is 0 Å². The van der Waals surface area contributed by atoms with Crippen LogP contribution in [0.4, 0.5) is 5.69 Å². The Balaban J connectivity index is 2.00. The lowest BCUT2D eigenvalue weighted by Crippen LogP contribution is -2.31. The highest BCUT2D eigenvalue weighted by molar-refractivity contribution is 7.89. The molecule has 0 atom stereocenters. The Labute approximate surface area is 172 Å². The van der Waals surface area contributed by atoms with Gasteiger partial charge in [-0.1, -0.05) is 17.7 Å². The summed E-state index contributed by atoms with van der Waals surface area (Å²) in [5.41, 5.74) is -0.0719. The Kier molecular flexibility index (Phi) is 5.72. The summed E-state index contributed by atoms with van der Waals surface area (Å²) in [7, 11) is -0.710. The Morgan fingerprint density at radius 2 is 1.63 bits per heavy atom. The van der Waals surface area contributed by atoms with Gasteiger partial charge in [-0.05, 0) is 43.3 Å². The zero-order valence-corrected chi connectivity index (χ0v) is 17.3. The number of benzene rings is 2. The smallest absolute Gasteiger partial charge is 0.335 e. The second kappa shape index (κ2) is 8.09. The highest BCUT2D eigenvalue weighted by Crippen LogP contribution is 2.20. The first-order valence-corrected chi connectivity index (χ1v) is 10.3. The summed E-state index contributed by atoms with van der Waals surface area (Å²) in [6, 6.07) is 12.5. The number of nitrogens with one attached hydrogen (secondary N) is 1. The van der Waals surface area contributed by atoms with E-state index in [2.05, 4.69) is 9.98 Å². The summed E-state index contributed by atoms with van der Waals surface area (Å²) in [5.74, 6) is -0.553. The quantitative estimate of drug-likeness (QED) is 0.597. The molecule has 3 aromatic rings. The number of aliphatic imine (C=N–C) groups is 1. The van der Waals surface area contributed by atoms with E-state index in [-0.39, 0.29) is 10.5 Å². The van der Waals surface area contributed by atoms with Crippen LogP contribution in [0.15, 0.2) is 68.0 Å². The Bertz CT molecular complexity index is 1320. The van der Waals surface area contributed by atoms with Gasteiger partial charge in [-0.2, -0.15) is 0 Å². The van der Waals surface area contributed by atoms with Crippen molar-refractivity contribution in [2.45, 2.75) is 11.8 Å². The van der Waals surface area contributed by atoms with Crippen molar-refractivity contribution in [3.05, 3.63) is 80.5 Å². The summed E-state index contributed by atoms with van der Waals surface area (Å²) in [5, 5.41) is 10.5. The number of nitrogens with zero attached hydrogens (tertiary/aromatic N) is 3. The predicted octanol–water partition coefficient (Wildman–Crippen LogP) is 1.54. The molecular formula is C20H20N4O5S. The fraction of sp³-hybridized carbons (Fsp3) is 0.150. The molecule has 2 N–H and O–H groups in total. The standard InChI is InChI=1S/C20H20N4O5S/c1-13-4-8-15(9-5-13)24-19(26)17(18(25)22-20(24)27)12-21-14-6-10-16(11-7-14)30(28,29)23(2)3/h4-12,26H,1-3H3,(H,22,25,27). The number of aromatic amines is 1. The van der Waals surface area contributed by atoms with E-state index in [0.29, 0.717) is 11.4 Å². The van der Waals surface area contributed by atoms with E-state index in [0.717, 1.165) is 20.7 Å².